The first-order valence-corrected chi connectivity index (χ1v) is 7.86. The van der Waals surface area contributed by atoms with Crippen LogP contribution in [0, 0.1) is 11.3 Å². The van der Waals surface area contributed by atoms with Crippen LogP contribution in [0.25, 0.3) is 0 Å². The van der Waals surface area contributed by atoms with Gasteiger partial charge in [0, 0.05) is 30.5 Å². The number of rotatable bonds is 2. The molecule has 1 unspecified atom stereocenters. The van der Waals surface area contributed by atoms with E-state index in [0.29, 0.717) is 6.54 Å². The second-order valence-corrected chi connectivity index (χ2v) is 6.69. The summed E-state index contributed by atoms with van der Waals surface area (Å²) < 4.78 is 5.71. The summed E-state index contributed by atoms with van der Waals surface area (Å²) in [6.45, 7) is 0.886. The Morgan fingerprint density at radius 2 is 2.05 bits per heavy atom. The van der Waals surface area contributed by atoms with Crippen LogP contribution in [0.3, 0.4) is 0 Å². The number of carboxylic acid groups (broad SMARTS) is 1. The SMILES string of the molecule is O=C(C1CCC1)N1CC2c3ccccc3OC[C@]2(C(=O)O)C1. The molecule has 5 heteroatoms. The highest BCUT2D eigenvalue weighted by atomic mass is 16.5. The largest absolute Gasteiger partial charge is 0.492 e. The molecule has 1 saturated heterocycles. The van der Waals surface area contributed by atoms with Crippen molar-refractivity contribution in [2.24, 2.45) is 11.3 Å². The zero-order valence-electron chi connectivity index (χ0n) is 12.3. The number of amides is 1. The summed E-state index contributed by atoms with van der Waals surface area (Å²) in [5.41, 5.74) is -0.0895. The lowest BCUT2D eigenvalue weighted by Crippen LogP contribution is -2.46. The van der Waals surface area contributed by atoms with Crippen molar-refractivity contribution in [2.75, 3.05) is 19.7 Å². The number of benzene rings is 1. The molecule has 1 N–H and O–H groups in total. The maximum Gasteiger partial charge on any atom is 0.315 e. The molecule has 1 aromatic carbocycles. The summed E-state index contributed by atoms with van der Waals surface area (Å²) in [5.74, 6) is -0.0712. The molecule has 1 aromatic rings. The molecule has 116 valence electrons. The van der Waals surface area contributed by atoms with E-state index in [2.05, 4.69) is 0 Å². The molecule has 1 saturated carbocycles. The van der Waals surface area contributed by atoms with Crippen molar-refractivity contribution < 1.29 is 19.4 Å². The highest BCUT2D eigenvalue weighted by molar-refractivity contribution is 5.84. The highest BCUT2D eigenvalue weighted by Crippen LogP contribution is 2.50. The maximum absolute atomic E-state index is 12.5. The summed E-state index contributed by atoms with van der Waals surface area (Å²) in [7, 11) is 0. The normalized spacial score (nSPS) is 30.0. The Hall–Kier alpha value is -2.04. The number of para-hydroxylation sites is 1. The topological polar surface area (TPSA) is 66.8 Å². The predicted molar refractivity (Wildman–Crippen MR) is 78.7 cm³/mol. The van der Waals surface area contributed by atoms with E-state index in [0.717, 1.165) is 30.6 Å². The number of hydrogen-bond acceptors (Lipinski definition) is 3. The zero-order chi connectivity index (χ0) is 15.3. The molecule has 1 amide bonds. The number of aliphatic carboxylic acids is 1. The Morgan fingerprint density at radius 3 is 2.73 bits per heavy atom. The van der Waals surface area contributed by atoms with Crippen LogP contribution in [0.1, 0.15) is 30.7 Å². The fraction of sp³-hybridized carbons (Fsp3) is 0.529. The van der Waals surface area contributed by atoms with Crippen molar-refractivity contribution in [3.05, 3.63) is 29.8 Å². The molecule has 2 aliphatic heterocycles. The van der Waals surface area contributed by atoms with Crippen LogP contribution in [0.5, 0.6) is 5.75 Å². The Bertz CT molecular complexity index is 639. The van der Waals surface area contributed by atoms with Gasteiger partial charge in [-0.15, -0.1) is 0 Å². The van der Waals surface area contributed by atoms with Gasteiger partial charge in [0.05, 0.1) is 0 Å². The number of carbonyl (C=O) groups excluding carboxylic acids is 1. The fourth-order valence-corrected chi connectivity index (χ4v) is 3.92. The summed E-state index contributed by atoms with van der Waals surface area (Å²) in [6.07, 6.45) is 2.98. The average molecular weight is 301 g/mol. The first-order valence-electron chi connectivity index (χ1n) is 7.86. The lowest BCUT2D eigenvalue weighted by Gasteiger charge is -2.35. The van der Waals surface area contributed by atoms with E-state index in [9.17, 15) is 14.7 Å². The van der Waals surface area contributed by atoms with Gasteiger partial charge < -0.3 is 14.7 Å². The zero-order valence-corrected chi connectivity index (χ0v) is 12.3. The van der Waals surface area contributed by atoms with E-state index in [-0.39, 0.29) is 30.9 Å². The van der Waals surface area contributed by atoms with Gasteiger partial charge in [-0.1, -0.05) is 24.6 Å². The van der Waals surface area contributed by atoms with Gasteiger partial charge in [-0.25, -0.2) is 0 Å². The van der Waals surface area contributed by atoms with Gasteiger partial charge in [-0.05, 0) is 18.9 Å². The lowest BCUT2D eigenvalue weighted by molar-refractivity contribution is -0.152. The van der Waals surface area contributed by atoms with Gasteiger partial charge in [0.25, 0.3) is 0 Å². The molecular formula is C17H19NO4. The number of hydrogen-bond donors (Lipinski definition) is 1. The van der Waals surface area contributed by atoms with E-state index in [4.69, 9.17) is 4.74 Å². The molecule has 0 aromatic heterocycles. The third kappa shape index (κ3) is 1.77. The third-order valence-electron chi connectivity index (χ3n) is 5.51. The van der Waals surface area contributed by atoms with Crippen molar-refractivity contribution in [1.82, 2.24) is 4.90 Å². The van der Waals surface area contributed by atoms with Crippen molar-refractivity contribution >= 4 is 11.9 Å². The number of carbonyl (C=O) groups is 2. The predicted octanol–water partition coefficient (Wildman–Crippen LogP) is 1.88. The Labute approximate surface area is 128 Å². The number of carboxylic acids is 1. The first kappa shape index (κ1) is 13.6. The van der Waals surface area contributed by atoms with Crippen LogP contribution in [-0.2, 0) is 9.59 Å². The monoisotopic (exact) mass is 301 g/mol. The highest BCUT2D eigenvalue weighted by Gasteiger charge is 2.58. The molecule has 5 nitrogen and oxygen atoms in total. The molecule has 2 heterocycles. The van der Waals surface area contributed by atoms with Crippen molar-refractivity contribution in [3.8, 4) is 5.75 Å². The molecule has 0 bridgehead atoms. The molecule has 2 fully saturated rings. The molecule has 1 aliphatic carbocycles. The van der Waals surface area contributed by atoms with E-state index in [1.807, 2.05) is 24.3 Å². The van der Waals surface area contributed by atoms with Gasteiger partial charge >= 0.3 is 5.97 Å². The van der Waals surface area contributed by atoms with E-state index < -0.39 is 11.4 Å². The van der Waals surface area contributed by atoms with E-state index in [1.54, 1.807) is 4.90 Å². The van der Waals surface area contributed by atoms with Gasteiger partial charge in [-0.2, -0.15) is 0 Å². The minimum absolute atomic E-state index is 0.0992. The van der Waals surface area contributed by atoms with Gasteiger partial charge in [-0.3, -0.25) is 9.59 Å². The molecule has 2 atom stereocenters. The second-order valence-electron chi connectivity index (χ2n) is 6.69. The summed E-state index contributed by atoms with van der Waals surface area (Å²) in [5, 5.41) is 9.82. The quantitative estimate of drug-likeness (QED) is 0.905. The molecule has 0 spiro atoms. The van der Waals surface area contributed by atoms with Gasteiger partial charge in [0.2, 0.25) is 5.91 Å². The fourth-order valence-electron chi connectivity index (χ4n) is 3.92. The average Bonchev–Trinajstić information content (AvgIpc) is 2.87. The van der Waals surface area contributed by atoms with Crippen molar-refractivity contribution in [2.45, 2.75) is 25.2 Å². The Morgan fingerprint density at radius 1 is 1.27 bits per heavy atom. The van der Waals surface area contributed by atoms with Crippen molar-refractivity contribution in [3.63, 3.8) is 0 Å². The smallest absolute Gasteiger partial charge is 0.315 e. The summed E-state index contributed by atoms with van der Waals surface area (Å²) in [6, 6.07) is 7.58. The summed E-state index contributed by atoms with van der Waals surface area (Å²) >= 11 is 0. The van der Waals surface area contributed by atoms with Crippen LogP contribution in [0.2, 0.25) is 0 Å². The number of likely N-dealkylation sites (tertiary alicyclic amines) is 1. The molecule has 4 rings (SSSR count). The van der Waals surface area contributed by atoms with Crippen molar-refractivity contribution in [1.29, 1.82) is 0 Å². The lowest BCUT2D eigenvalue weighted by atomic mass is 9.73. The maximum atomic E-state index is 12.5. The van der Waals surface area contributed by atoms with Crippen LogP contribution >= 0.6 is 0 Å². The molecule has 0 radical (unpaired) electrons. The number of nitrogens with zero attached hydrogens (tertiary/aromatic N) is 1. The number of fused-ring (bicyclic) bond motifs is 3. The minimum atomic E-state index is -1.01. The molecular weight excluding hydrogens is 282 g/mol. The Balaban J connectivity index is 1.69. The van der Waals surface area contributed by atoms with E-state index in [1.165, 1.54) is 0 Å². The van der Waals surface area contributed by atoms with Gasteiger partial charge in [0.15, 0.2) is 0 Å². The molecule has 3 aliphatic rings. The van der Waals surface area contributed by atoms with Crippen LogP contribution < -0.4 is 4.74 Å². The van der Waals surface area contributed by atoms with Crippen LogP contribution in [0.4, 0.5) is 0 Å². The second kappa shape index (κ2) is 4.73. The first-order chi connectivity index (χ1) is 10.6. The van der Waals surface area contributed by atoms with Gasteiger partial charge in [0.1, 0.15) is 17.8 Å². The standard InChI is InChI=1S/C17H19NO4/c19-15(11-4-3-5-11)18-8-13-12-6-1-2-7-14(12)22-10-17(13,9-18)16(20)21/h1-2,6-7,11,13H,3-5,8-10H2,(H,20,21)/t13?,17-/m1/s1. The molecule has 22 heavy (non-hydrogen) atoms. The summed E-state index contributed by atoms with van der Waals surface area (Å²) in [4.78, 5) is 26.3. The number of ether oxygens (including phenoxy) is 1. The van der Waals surface area contributed by atoms with Crippen LogP contribution in [0.15, 0.2) is 24.3 Å². The minimum Gasteiger partial charge on any atom is -0.492 e. The van der Waals surface area contributed by atoms with Crippen LogP contribution in [-0.4, -0.2) is 41.6 Å². The van der Waals surface area contributed by atoms with E-state index >= 15 is 0 Å². The Kier molecular flexibility index (Phi) is 2.93. The third-order valence-corrected chi connectivity index (χ3v) is 5.51.